The van der Waals surface area contributed by atoms with Gasteiger partial charge >= 0.3 is 6.18 Å². The van der Waals surface area contributed by atoms with Crippen molar-refractivity contribution in [2.75, 3.05) is 33.2 Å². The van der Waals surface area contributed by atoms with Gasteiger partial charge in [-0.2, -0.15) is 13.2 Å². The van der Waals surface area contributed by atoms with Gasteiger partial charge in [0.15, 0.2) is 0 Å². The van der Waals surface area contributed by atoms with E-state index in [1.165, 1.54) is 24.8 Å². The van der Waals surface area contributed by atoms with Gasteiger partial charge in [0.25, 0.3) is 5.91 Å². The number of hydrogen-bond donors (Lipinski definition) is 0. The summed E-state index contributed by atoms with van der Waals surface area (Å²) in [5.41, 5.74) is 0.201. The van der Waals surface area contributed by atoms with Gasteiger partial charge in [0.1, 0.15) is 0 Å². The van der Waals surface area contributed by atoms with Crippen molar-refractivity contribution in [1.82, 2.24) is 14.7 Å². The highest BCUT2D eigenvalue weighted by Gasteiger charge is 2.40. The lowest BCUT2D eigenvalue weighted by Crippen LogP contribution is -2.53. The zero-order valence-electron chi connectivity index (χ0n) is 22.6. The van der Waals surface area contributed by atoms with Gasteiger partial charge in [-0.1, -0.05) is 29.3 Å². The van der Waals surface area contributed by atoms with Crippen LogP contribution >= 0.6 is 23.2 Å². The van der Waals surface area contributed by atoms with E-state index in [-0.39, 0.29) is 29.2 Å². The Bertz CT molecular complexity index is 1300. The molecule has 11 heteroatoms. The van der Waals surface area contributed by atoms with Crippen molar-refractivity contribution in [3.05, 3.63) is 68.7 Å². The summed E-state index contributed by atoms with van der Waals surface area (Å²) in [4.78, 5) is 43.7. The Hall–Kier alpha value is -2.78. The molecule has 0 radical (unpaired) electrons. The molecule has 2 heterocycles. The molecule has 2 aliphatic heterocycles. The first-order valence-corrected chi connectivity index (χ1v) is 14.0. The highest BCUT2D eigenvalue weighted by atomic mass is 35.5. The standard InChI is InChI=1S/C29H32Cl2F3N3O3/c1-17-12-21(14-22(13-17)29(32,33)34)27(39)35(3)26-8-11-37(16-23(26)20-4-5-24(30)25(31)15-20)28(40)19-6-9-36(10-7-19)18(2)38/h4-5,12-15,19,23,26H,6-11,16H2,1-3H3/t23-,26+/m0/s1. The molecule has 0 N–H and O–H groups in total. The fourth-order valence-corrected chi connectivity index (χ4v) is 6.10. The average Bonchev–Trinajstić information content (AvgIpc) is 2.92. The molecule has 4 rings (SSSR count). The number of benzene rings is 2. The molecule has 216 valence electrons. The second-order valence-electron chi connectivity index (χ2n) is 10.7. The van der Waals surface area contributed by atoms with Crippen molar-refractivity contribution < 1.29 is 27.6 Å². The van der Waals surface area contributed by atoms with Crippen LogP contribution in [0.4, 0.5) is 13.2 Å². The molecule has 2 aromatic rings. The highest BCUT2D eigenvalue weighted by Crippen LogP contribution is 2.36. The third-order valence-electron chi connectivity index (χ3n) is 8.02. The largest absolute Gasteiger partial charge is 0.416 e. The summed E-state index contributed by atoms with van der Waals surface area (Å²) >= 11 is 12.5. The second-order valence-corrected chi connectivity index (χ2v) is 11.5. The van der Waals surface area contributed by atoms with Gasteiger partial charge in [0.05, 0.1) is 15.6 Å². The maximum atomic E-state index is 13.5. The monoisotopic (exact) mass is 597 g/mol. The van der Waals surface area contributed by atoms with E-state index in [1.807, 2.05) is 0 Å². The van der Waals surface area contributed by atoms with Crippen molar-refractivity contribution in [3.8, 4) is 0 Å². The van der Waals surface area contributed by atoms with Crippen LogP contribution in [0.25, 0.3) is 0 Å². The summed E-state index contributed by atoms with van der Waals surface area (Å²) < 4.78 is 40.3. The van der Waals surface area contributed by atoms with Gasteiger partial charge < -0.3 is 14.7 Å². The molecule has 40 heavy (non-hydrogen) atoms. The Kier molecular flexibility index (Phi) is 9.05. The molecular formula is C29H32Cl2F3N3O3. The maximum absolute atomic E-state index is 13.5. The zero-order chi connectivity index (χ0) is 29.4. The lowest BCUT2D eigenvalue weighted by Gasteiger charge is -2.44. The molecule has 2 aliphatic rings. The van der Waals surface area contributed by atoms with E-state index >= 15 is 0 Å². The Labute approximate surface area is 242 Å². The van der Waals surface area contributed by atoms with Crippen molar-refractivity contribution in [2.24, 2.45) is 5.92 Å². The number of alkyl halides is 3. The van der Waals surface area contributed by atoms with Gasteiger partial charge in [-0.25, -0.2) is 0 Å². The van der Waals surface area contributed by atoms with E-state index in [9.17, 15) is 27.6 Å². The average molecular weight is 598 g/mol. The van der Waals surface area contributed by atoms with Crippen LogP contribution in [0.15, 0.2) is 36.4 Å². The SMILES string of the molecule is CC(=O)N1CCC(C(=O)N2CC[C@@H](N(C)C(=O)c3cc(C)cc(C(F)(F)F)c3)[C@H](c3ccc(Cl)c(Cl)c3)C2)CC1. The minimum atomic E-state index is -4.57. The minimum Gasteiger partial charge on any atom is -0.343 e. The predicted octanol–water partition coefficient (Wildman–Crippen LogP) is 6.04. The Morgan fingerprint density at radius 2 is 1.57 bits per heavy atom. The van der Waals surface area contributed by atoms with Crippen molar-refractivity contribution in [1.29, 1.82) is 0 Å². The van der Waals surface area contributed by atoms with Crippen LogP contribution in [0.2, 0.25) is 10.0 Å². The number of rotatable bonds is 4. The summed E-state index contributed by atoms with van der Waals surface area (Å²) in [6, 6.07) is 8.13. The number of halogens is 5. The molecular weight excluding hydrogens is 566 g/mol. The molecule has 6 nitrogen and oxygen atoms in total. The summed E-state index contributed by atoms with van der Waals surface area (Å²) in [7, 11) is 1.59. The van der Waals surface area contributed by atoms with E-state index in [4.69, 9.17) is 23.2 Å². The Balaban J connectivity index is 1.59. The highest BCUT2D eigenvalue weighted by molar-refractivity contribution is 6.42. The van der Waals surface area contributed by atoms with Crippen molar-refractivity contribution in [3.63, 3.8) is 0 Å². The van der Waals surface area contributed by atoms with Gasteiger partial charge in [0.2, 0.25) is 11.8 Å². The topological polar surface area (TPSA) is 60.9 Å². The first-order valence-electron chi connectivity index (χ1n) is 13.2. The Morgan fingerprint density at radius 3 is 2.17 bits per heavy atom. The van der Waals surface area contributed by atoms with E-state index < -0.39 is 23.7 Å². The van der Waals surface area contributed by atoms with E-state index in [0.717, 1.165) is 17.7 Å². The van der Waals surface area contributed by atoms with Gasteiger partial charge in [-0.15, -0.1) is 0 Å². The Morgan fingerprint density at radius 1 is 0.925 bits per heavy atom. The molecule has 2 saturated heterocycles. The van der Waals surface area contributed by atoms with Crippen LogP contribution < -0.4 is 0 Å². The third kappa shape index (κ3) is 6.57. The van der Waals surface area contributed by atoms with Crippen molar-refractivity contribution in [2.45, 2.75) is 51.2 Å². The summed E-state index contributed by atoms with van der Waals surface area (Å²) in [5, 5.41) is 0.701. The van der Waals surface area contributed by atoms with Crippen LogP contribution in [0.3, 0.4) is 0 Å². The van der Waals surface area contributed by atoms with Crippen molar-refractivity contribution >= 4 is 40.9 Å². The molecule has 0 unspecified atom stereocenters. The smallest absolute Gasteiger partial charge is 0.343 e. The van der Waals surface area contributed by atoms with E-state index in [0.29, 0.717) is 61.1 Å². The molecule has 0 spiro atoms. The quantitative estimate of drug-likeness (QED) is 0.432. The molecule has 0 aromatic heterocycles. The molecule has 3 amide bonds. The molecule has 2 aromatic carbocycles. The van der Waals surface area contributed by atoms with E-state index in [1.54, 1.807) is 35.0 Å². The van der Waals surface area contributed by atoms with Gasteiger partial charge in [-0.05, 0) is 67.6 Å². The number of likely N-dealkylation sites (tertiary alicyclic amines) is 2. The molecule has 2 fully saturated rings. The van der Waals surface area contributed by atoms with Crippen LogP contribution in [0.5, 0.6) is 0 Å². The lowest BCUT2D eigenvalue weighted by molar-refractivity contribution is -0.141. The first kappa shape index (κ1) is 30.2. The van der Waals surface area contributed by atoms with Crippen LogP contribution in [0.1, 0.15) is 59.2 Å². The van der Waals surface area contributed by atoms with Crippen LogP contribution in [-0.4, -0.2) is 71.7 Å². The molecule has 0 saturated carbocycles. The fraction of sp³-hybridized carbons (Fsp3) is 0.483. The normalized spacial score (nSPS) is 20.4. The fourth-order valence-electron chi connectivity index (χ4n) is 5.80. The number of carbonyl (C=O) groups excluding carboxylic acids is 3. The number of amides is 3. The molecule has 0 aliphatic carbocycles. The van der Waals surface area contributed by atoms with Crippen LogP contribution in [0, 0.1) is 12.8 Å². The van der Waals surface area contributed by atoms with Gasteiger partial charge in [-0.3, -0.25) is 14.4 Å². The van der Waals surface area contributed by atoms with Gasteiger partial charge in [0, 0.05) is 63.6 Å². The number of likely N-dealkylation sites (N-methyl/N-ethyl adjacent to an activating group) is 1. The zero-order valence-corrected chi connectivity index (χ0v) is 24.1. The molecule has 0 bridgehead atoms. The number of aryl methyl sites for hydroxylation is 1. The number of piperidine rings is 2. The first-order chi connectivity index (χ1) is 18.8. The summed E-state index contributed by atoms with van der Waals surface area (Å²) in [6.07, 6.45) is -2.97. The predicted molar refractivity (Wildman–Crippen MR) is 147 cm³/mol. The summed E-state index contributed by atoms with van der Waals surface area (Å²) in [5.74, 6) is -1.07. The minimum absolute atomic E-state index is 0.00457. The number of hydrogen-bond acceptors (Lipinski definition) is 3. The second kappa shape index (κ2) is 12.0. The third-order valence-corrected chi connectivity index (χ3v) is 8.76. The van der Waals surface area contributed by atoms with Crippen LogP contribution in [-0.2, 0) is 15.8 Å². The number of nitrogens with zero attached hydrogens (tertiary/aromatic N) is 3. The molecule has 2 atom stereocenters. The lowest BCUT2D eigenvalue weighted by atomic mass is 9.83. The maximum Gasteiger partial charge on any atom is 0.416 e. The summed E-state index contributed by atoms with van der Waals surface area (Å²) in [6.45, 7) is 4.82. The number of carbonyl (C=O) groups is 3. The van der Waals surface area contributed by atoms with E-state index in [2.05, 4.69) is 0 Å².